The van der Waals surface area contributed by atoms with E-state index >= 15 is 0 Å². The Labute approximate surface area is 134 Å². The Morgan fingerprint density at radius 3 is 2.61 bits per heavy atom. The van der Waals surface area contributed by atoms with Gasteiger partial charge in [-0.2, -0.15) is 5.10 Å². The lowest BCUT2D eigenvalue weighted by molar-refractivity contribution is 0.0697. The molecule has 116 valence electrons. The first-order chi connectivity index (χ1) is 11.0. The summed E-state index contributed by atoms with van der Waals surface area (Å²) in [7, 11) is 0. The van der Waals surface area contributed by atoms with Crippen LogP contribution in [-0.4, -0.2) is 25.8 Å². The number of pyridine rings is 1. The molecule has 23 heavy (non-hydrogen) atoms. The van der Waals surface area contributed by atoms with Gasteiger partial charge in [-0.1, -0.05) is 12.1 Å². The summed E-state index contributed by atoms with van der Waals surface area (Å²) in [6.07, 6.45) is 3.32. The monoisotopic (exact) mass is 307 g/mol. The number of aromatic carboxylic acids is 1. The Kier molecular flexibility index (Phi) is 3.70. The van der Waals surface area contributed by atoms with Crippen molar-refractivity contribution < 1.29 is 9.90 Å². The van der Waals surface area contributed by atoms with Crippen molar-refractivity contribution in [3.8, 4) is 16.9 Å². The summed E-state index contributed by atoms with van der Waals surface area (Å²) < 4.78 is 1.71. The van der Waals surface area contributed by atoms with E-state index in [0.29, 0.717) is 11.4 Å². The Morgan fingerprint density at radius 2 is 1.96 bits per heavy atom. The fourth-order valence-corrected chi connectivity index (χ4v) is 2.67. The van der Waals surface area contributed by atoms with Gasteiger partial charge in [0.25, 0.3) is 0 Å². The maximum absolute atomic E-state index is 11.7. The maximum Gasteiger partial charge on any atom is 0.339 e. The SMILES string of the molecule is Cc1ccc(C)c(-n2nc(C)c(C(=O)O)c2-c2cccnc2)c1. The van der Waals surface area contributed by atoms with E-state index in [0.717, 1.165) is 22.4 Å². The van der Waals surface area contributed by atoms with Crippen molar-refractivity contribution in [2.24, 2.45) is 0 Å². The van der Waals surface area contributed by atoms with E-state index in [9.17, 15) is 9.90 Å². The average Bonchev–Trinajstić information content (AvgIpc) is 2.88. The molecular weight excluding hydrogens is 290 g/mol. The van der Waals surface area contributed by atoms with Gasteiger partial charge in [0.15, 0.2) is 0 Å². The van der Waals surface area contributed by atoms with Crippen LogP contribution in [0.15, 0.2) is 42.7 Å². The number of carboxylic acid groups (broad SMARTS) is 1. The number of rotatable bonds is 3. The Morgan fingerprint density at radius 1 is 1.17 bits per heavy atom. The Hall–Kier alpha value is -2.95. The van der Waals surface area contributed by atoms with Gasteiger partial charge in [0.1, 0.15) is 5.56 Å². The number of hydrogen-bond donors (Lipinski definition) is 1. The van der Waals surface area contributed by atoms with Crippen LogP contribution in [0.2, 0.25) is 0 Å². The zero-order chi connectivity index (χ0) is 16.6. The molecule has 1 aromatic carbocycles. The summed E-state index contributed by atoms with van der Waals surface area (Å²) in [4.78, 5) is 15.9. The number of carboxylic acids is 1. The van der Waals surface area contributed by atoms with Gasteiger partial charge in [-0.05, 0) is 50.1 Å². The van der Waals surface area contributed by atoms with Gasteiger partial charge in [-0.25, -0.2) is 9.48 Å². The van der Waals surface area contributed by atoms with Crippen LogP contribution in [0.5, 0.6) is 0 Å². The molecule has 2 aromatic heterocycles. The highest BCUT2D eigenvalue weighted by Gasteiger charge is 2.23. The standard InChI is InChI=1S/C18H17N3O2/c1-11-6-7-12(2)15(9-11)21-17(14-5-4-8-19-10-14)16(18(22)23)13(3)20-21/h4-10H,1-3H3,(H,22,23). The number of benzene rings is 1. The van der Waals surface area contributed by atoms with Crippen molar-refractivity contribution >= 4 is 5.97 Å². The van der Waals surface area contributed by atoms with Gasteiger partial charge < -0.3 is 5.11 Å². The first-order valence-corrected chi connectivity index (χ1v) is 7.30. The molecule has 0 aliphatic carbocycles. The molecule has 0 radical (unpaired) electrons. The normalized spacial score (nSPS) is 10.7. The zero-order valence-electron chi connectivity index (χ0n) is 13.2. The molecule has 0 aliphatic heterocycles. The van der Waals surface area contributed by atoms with E-state index < -0.39 is 5.97 Å². The number of nitrogens with zero attached hydrogens (tertiary/aromatic N) is 3. The molecule has 0 unspecified atom stereocenters. The summed E-state index contributed by atoms with van der Waals surface area (Å²) in [5, 5.41) is 14.1. The van der Waals surface area contributed by atoms with E-state index in [1.54, 1.807) is 30.1 Å². The number of carbonyl (C=O) groups is 1. The van der Waals surface area contributed by atoms with Gasteiger partial charge in [0.05, 0.1) is 17.1 Å². The number of aromatic nitrogens is 3. The molecule has 0 saturated heterocycles. The molecule has 0 saturated carbocycles. The van der Waals surface area contributed by atoms with Crippen LogP contribution in [-0.2, 0) is 0 Å². The minimum Gasteiger partial charge on any atom is -0.478 e. The molecule has 5 nitrogen and oxygen atoms in total. The highest BCUT2D eigenvalue weighted by atomic mass is 16.4. The summed E-state index contributed by atoms with van der Waals surface area (Å²) in [6.45, 7) is 5.70. The minimum atomic E-state index is -0.988. The van der Waals surface area contributed by atoms with E-state index in [2.05, 4.69) is 10.1 Å². The smallest absolute Gasteiger partial charge is 0.339 e. The summed E-state index contributed by atoms with van der Waals surface area (Å²) in [5.41, 5.74) is 4.96. The molecule has 0 bridgehead atoms. The molecule has 2 heterocycles. The van der Waals surface area contributed by atoms with Crippen molar-refractivity contribution in [2.75, 3.05) is 0 Å². The second kappa shape index (κ2) is 5.68. The maximum atomic E-state index is 11.7. The zero-order valence-corrected chi connectivity index (χ0v) is 13.2. The Balaban J connectivity index is 2.36. The third-order valence-corrected chi connectivity index (χ3v) is 3.80. The average molecular weight is 307 g/mol. The van der Waals surface area contributed by atoms with E-state index in [-0.39, 0.29) is 5.56 Å². The molecular formula is C18H17N3O2. The molecule has 0 atom stereocenters. The van der Waals surface area contributed by atoms with Crippen molar-refractivity contribution in [3.63, 3.8) is 0 Å². The van der Waals surface area contributed by atoms with Crippen LogP contribution in [0.1, 0.15) is 27.2 Å². The largest absolute Gasteiger partial charge is 0.478 e. The molecule has 3 aromatic rings. The van der Waals surface area contributed by atoms with E-state index in [1.807, 2.05) is 38.1 Å². The molecule has 0 amide bonds. The number of hydrogen-bond acceptors (Lipinski definition) is 3. The molecule has 0 spiro atoms. The van der Waals surface area contributed by atoms with Crippen molar-refractivity contribution in [1.82, 2.24) is 14.8 Å². The highest BCUT2D eigenvalue weighted by molar-refractivity contribution is 5.96. The topological polar surface area (TPSA) is 68.0 Å². The third-order valence-electron chi connectivity index (χ3n) is 3.80. The van der Waals surface area contributed by atoms with Crippen LogP contribution in [0.4, 0.5) is 0 Å². The second-order valence-electron chi connectivity index (χ2n) is 5.56. The fraction of sp³-hybridized carbons (Fsp3) is 0.167. The van der Waals surface area contributed by atoms with Crippen LogP contribution in [0.25, 0.3) is 16.9 Å². The van der Waals surface area contributed by atoms with Gasteiger partial charge >= 0.3 is 5.97 Å². The molecule has 3 rings (SSSR count). The van der Waals surface area contributed by atoms with Gasteiger partial charge in [-0.3, -0.25) is 4.98 Å². The molecule has 1 N–H and O–H groups in total. The van der Waals surface area contributed by atoms with Crippen LogP contribution in [0, 0.1) is 20.8 Å². The lowest BCUT2D eigenvalue weighted by Crippen LogP contribution is -2.05. The van der Waals surface area contributed by atoms with E-state index in [4.69, 9.17) is 0 Å². The fourth-order valence-electron chi connectivity index (χ4n) is 2.67. The Bertz CT molecular complexity index is 883. The van der Waals surface area contributed by atoms with Crippen LogP contribution in [0.3, 0.4) is 0 Å². The molecule has 5 heteroatoms. The van der Waals surface area contributed by atoms with Gasteiger partial charge in [-0.15, -0.1) is 0 Å². The lowest BCUT2D eigenvalue weighted by Gasteiger charge is -2.12. The van der Waals surface area contributed by atoms with Gasteiger partial charge in [0, 0.05) is 18.0 Å². The van der Waals surface area contributed by atoms with Crippen molar-refractivity contribution in [1.29, 1.82) is 0 Å². The highest BCUT2D eigenvalue weighted by Crippen LogP contribution is 2.30. The lowest BCUT2D eigenvalue weighted by atomic mass is 10.1. The quantitative estimate of drug-likeness (QED) is 0.803. The number of aryl methyl sites for hydroxylation is 3. The molecule has 0 fully saturated rings. The van der Waals surface area contributed by atoms with Crippen molar-refractivity contribution in [2.45, 2.75) is 20.8 Å². The third kappa shape index (κ3) is 2.61. The molecule has 0 aliphatic rings. The first kappa shape index (κ1) is 15.0. The summed E-state index contributed by atoms with van der Waals surface area (Å²) in [6, 6.07) is 9.67. The summed E-state index contributed by atoms with van der Waals surface area (Å²) in [5.74, 6) is -0.988. The predicted octanol–water partition coefficient (Wildman–Crippen LogP) is 3.56. The summed E-state index contributed by atoms with van der Waals surface area (Å²) >= 11 is 0. The van der Waals surface area contributed by atoms with Crippen molar-refractivity contribution in [3.05, 3.63) is 65.1 Å². The van der Waals surface area contributed by atoms with E-state index in [1.165, 1.54) is 0 Å². The first-order valence-electron chi connectivity index (χ1n) is 7.30. The van der Waals surface area contributed by atoms with Gasteiger partial charge in [0.2, 0.25) is 0 Å². The second-order valence-corrected chi connectivity index (χ2v) is 5.56. The minimum absolute atomic E-state index is 0.207. The predicted molar refractivity (Wildman–Crippen MR) is 88.0 cm³/mol. The van der Waals surface area contributed by atoms with Crippen LogP contribution >= 0.6 is 0 Å². The van der Waals surface area contributed by atoms with Crippen LogP contribution < -0.4 is 0 Å².